The molecule has 0 saturated heterocycles. The molecule has 2 rings (SSSR count). The van der Waals surface area contributed by atoms with Gasteiger partial charge < -0.3 is 4.43 Å². The number of hydrogen-bond donors (Lipinski definition) is 0. The first-order chi connectivity index (χ1) is 11.1. The van der Waals surface area contributed by atoms with Crippen LogP contribution in [0.25, 0.3) is 6.08 Å². The van der Waals surface area contributed by atoms with E-state index in [0.29, 0.717) is 0 Å². The van der Waals surface area contributed by atoms with E-state index in [2.05, 4.69) is 94.1 Å². The maximum absolute atomic E-state index is 6.64. The molecular weight excluding hydrogens is 296 g/mol. The Morgan fingerprint density at radius 3 is 2.13 bits per heavy atom. The third-order valence-electron chi connectivity index (χ3n) is 4.53. The molecule has 1 atom stereocenters. The van der Waals surface area contributed by atoms with E-state index in [1.165, 1.54) is 16.7 Å². The Bertz CT molecular complexity index is 612. The zero-order chi connectivity index (χ0) is 16.7. The van der Waals surface area contributed by atoms with E-state index in [0.717, 1.165) is 12.1 Å². The van der Waals surface area contributed by atoms with Gasteiger partial charge in [0.2, 0.25) is 8.32 Å². The summed E-state index contributed by atoms with van der Waals surface area (Å²) in [6.07, 6.45) is 2.38. The lowest BCUT2D eigenvalue weighted by Gasteiger charge is -2.30. The summed E-state index contributed by atoms with van der Waals surface area (Å²) < 4.78 is 6.64. The highest BCUT2D eigenvalue weighted by molar-refractivity contribution is 6.79. The summed E-state index contributed by atoms with van der Waals surface area (Å²) in [6, 6.07) is 21.4. The maximum Gasteiger partial charge on any atom is 0.217 e. The first-order valence-electron chi connectivity index (χ1n) is 8.57. The highest BCUT2D eigenvalue weighted by Gasteiger charge is 2.30. The molecule has 0 aromatic heterocycles. The monoisotopic (exact) mass is 324 g/mol. The summed E-state index contributed by atoms with van der Waals surface area (Å²) in [7, 11) is -1.87. The fourth-order valence-electron chi connectivity index (χ4n) is 2.76. The summed E-state index contributed by atoms with van der Waals surface area (Å²) in [5.74, 6) is 0. The Balaban J connectivity index is 2.16. The van der Waals surface area contributed by atoms with E-state index >= 15 is 0 Å². The molecule has 0 aliphatic rings. The SMILES string of the molecule is CC[Si](/C=C/c1ccccc1)(CC)OC(C)c1ccc(C)cc1. The lowest BCUT2D eigenvalue weighted by atomic mass is 10.1. The topological polar surface area (TPSA) is 9.23 Å². The molecule has 0 aliphatic heterocycles. The van der Waals surface area contributed by atoms with Crippen molar-refractivity contribution >= 4 is 14.4 Å². The summed E-state index contributed by atoms with van der Waals surface area (Å²) in [6.45, 7) is 8.81. The molecule has 2 heteroatoms. The Labute approximate surface area is 142 Å². The first-order valence-corrected chi connectivity index (χ1v) is 11.0. The van der Waals surface area contributed by atoms with Crippen molar-refractivity contribution in [2.75, 3.05) is 0 Å². The summed E-state index contributed by atoms with van der Waals surface area (Å²) in [5.41, 5.74) is 6.17. The van der Waals surface area contributed by atoms with Crippen molar-refractivity contribution in [1.82, 2.24) is 0 Å². The number of aryl methyl sites for hydroxylation is 1. The lowest BCUT2D eigenvalue weighted by Crippen LogP contribution is -2.35. The Morgan fingerprint density at radius 2 is 1.57 bits per heavy atom. The van der Waals surface area contributed by atoms with Gasteiger partial charge in [0.15, 0.2) is 0 Å². The second-order valence-corrected chi connectivity index (χ2v) is 10.3. The quantitative estimate of drug-likeness (QED) is 0.542. The van der Waals surface area contributed by atoms with Gasteiger partial charge in [0.05, 0.1) is 6.10 Å². The predicted octanol–water partition coefficient (Wildman–Crippen LogP) is 6.31. The van der Waals surface area contributed by atoms with Gasteiger partial charge >= 0.3 is 0 Å². The van der Waals surface area contributed by atoms with Gasteiger partial charge in [-0.2, -0.15) is 0 Å². The van der Waals surface area contributed by atoms with Gasteiger partial charge in [-0.25, -0.2) is 0 Å². The molecular formula is C21H28OSi. The smallest absolute Gasteiger partial charge is 0.217 e. The van der Waals surface area contributed by atoms with Gasteiger partial charge in [-0.1, -0.05) is 85.8 Å². The van der Waals surface area contributed by atoms with E-state index in [1.807, 2.05) is 0 Å². The van der Waals surface area contributed by atoms with E-state index in [1.54, 1.807) is 0 Å². The second-order valence-electron chi connectivity index (χ2n) is 6.19. The van der Waals surface area contributed by atoms with Crippen molar-refractivity contribution in [2.45, 2.75) is 45.9 Å². The third-order valence-corrected chi connectivity index (χ3v) is 8.53. The number of benzene rings is 2. The highest BCUT2D eigenvalue weighted by Crippen LogP contribution is 2.28. The van der Waals surface area contributed by atoms with Gasteiger partial charge in [-0.3, -0.25) is 0 Å². The van der Waals surface area contributed by atoms with Crippen LogP contribution in [0.15, 0.2) is 60.3 Å². The highest BCUT2D eigenvalue weighted by atomic mass is 28.4. The molecule has 0 spiro atoms. The number of hydrogen-bond acceptors (Lipinski definition) is 1. The third kappa shape index (κ3) is 4.92. The van der Waals surface area contributed by atoms with Crippen LogP contribution in [-0.2, 0) is 4.43 Å². The molecule has 0 saturated carbocycles. The van der Waals surface area contributed by atoms with Crippen LogP contribution in [0.5, 0.6) is 0 Å². The molecule has 0 N–H and O–H groups in total. The zero-order valence-corrected chi connectivity index (χ0v) is 15.8. The van der Waals surface area contributed by atoms with Crippen molar-refractivity contribution in [3.8, 4) is 0 Å². The minimum atomic E-state index is -1.87. The van der Waals surface area contributed by atoms with Crippen LogP contribution in [0, 0.1) is 6.92 Å². The lowest BCUT2D eigenvalue weighted by molar-refractivity contribution is 0.216. The standard InChI is InChI=1S/C21H28OSi/c1-5-23(6-2,17-16-20-10-8-7-9-11-20)22-19(4)21-14-12-18(3)13-15-21/h7-17,19H,5-6H2,1-4H3/b17-16+. The van der Waals surface area contributed by atoms with Crippen LogP contribution in [0.3, 0.4) is 0 Å². The fourth-order valence-corrected chi connectivity index (χ4v) is 5.48. The van der Waals surface area contributed by atoms with E-state index < -0.39 is 8.32 Å². The first kappa shape index (κ1) is 17.7. The summed E-state index contributed by atoms with van der Waals surface area (Å²) >= 11 is 0. The van der Waals surface area contributed by atoms with Crippen molar-refractivity contribution in [1.29, 1.82) is 0 Å². The summed E-state index contributed by atoms with van der Waals surface area (Å²) in [5, 5.41) is 0. The van der Waals surface area contributed by atoms with Gasteiger partial charge in [0.25, 0.3) is 0 Å². The molecule has 1 unspecified atom stereocenters. The van der Waals surface area contributed by atoms with Gasteiger partial charge in [0.1, 0.15) is 0 Å². The largest absolute Gasteiger partial charge is 0.406 e. The molecule has 2 aromatic rings. The van der Waals surface area contributed by atoms with Crippen LogP contribution in [-0.4, -0.2) is 8.32 Å². The predicted molar refractivity (Wildman–Crippen MR) is 103 cm³/mol. The second kappa shape index (κ2) is 8.28. The molecule has 0 bridgehead atoms. The molecule has 0 radical (unpaired) electrons. The van der Waals surface area contributed by atoms with Gasteiger partial charge in [-0.05, 0) is 37.1 Å². The average Bonchev–Trinajstić information content (AvgIpc) is 2.60. The van der Waals surface area contributed by atoms with Crippen molar-refractivity contribution in [3.63, 3.8) is 0 Å². The van der Waals surface area contributed by atoms with Crippen LogP contribution in [0.4, 0.5) is 0 Å². The summed E-state index contributed by atoms with van der Waals surface area (Å²) in [4.78, 5) is 0. The molecule has 0 fully saturated rings. The molecule has 23 heavy (non-hydrogen) atoms. The Kier molecular flexibility index (Phi) is 6.37. The minimum Gasteiger partial charge on any atom is -0.406 e. The fraction of sp³-hybridized carbons (Fsp3) is 0.333. The zero-order valence-electron chi connectivity index (χ0n) is 14.8. The van der Waals surface area contributed by atoms with Gasteiger partial charge in [0, 0.05) is 0 Å². The number of rotatable bonds is 7. The van der Waals surface area contributed by atoms with E-state index in [9.17, 15) is 0 Å². The molecule has 2 aromatic carbocycles. The average molecular weight is 325 g/mol. The molecule has 0 amide bonds. The van der Waals surface area contributed by atoms with Crippen LogP contribution in [0.2, 0.25) is 12.1 Å². The molecule has 1 nitrogen and oxygen atoms in total. The van der Waals surface area contributed by atoms with Crippen LogP contribution >= 0.6 is 0 Å². The van der Waals surface area contributed by atoms with Gasteiger partial charge in [-0.15, -0.1) is 0 Å². The minimum absolute atomic E-state index is 0.141. The van der Waals surface area contributed by atoms with E-state index in [4.69, 9.17) is 4.43 Å². The Morgan fingerprint density at radius 1 is 0.957 bits per heavy atom. The van der Waals surface area contributed by atoms with Crippen molar-refractivity contribution in [2.24, 2.45) is 0 Å². The molecule has 0 heterocycles. The maximum atomic E-state index is 6.64. The molecule has 122 valence electrons. The van der Waals surface area contributed by atoms with Crippen molar-refractivity contribution < 1.29 is 4.43 Å². The van der Waals surface area contributed by atoms with Crippen LogP contribution < -0.4 is 0 Å². The van der Waals surface area contributed by atoms with E-state index in [-0.39, 0.29) is 6.10 Å². The van der Waals surface area contributed by atoms with Crippen LogP contribution in [0.1, 0.15) is 43.6 Å². The Hall–Kier alpha value is -1.64. The van der Waals surface area contributed by atoms with Crippen molar-refractivity contribution in [3.05, 3.63) is 77.0 Å². The normalized spacial score (nSPS) is 13.4. The molecule has 0 aliphatic carbocycles.